The molecule has 122 valence electrons. The van der Waals surface area contributed by atoms with Crippen LogP contribution in [0, 0.1) is 0 Å². The lowest BCUT2D eigenvalue weighted by atomic mass is 10.2. The largest absolute Gasteiger partial charge is 0.492 e. The Bertz CT molecular complexity index is 821. The average molecular weight is 321 g/mol. The molecule has 0 radical (unpaired) electrons. The van der Waals surface area contributed by atoms with Gasteiger partial charge in [0.15, 0.2) is 0 Å². The van der Waals surface area contributed by atoms with E-state index in [1.807, 2.05) is 53.4 Å². The molecule has 0 unspecified atom stereocenters. The second-order valence-corrected chi connectivity index (χ2v) is 5.96. The van der Waals surface area contributed by atoms with E-state index in [0.29, 0.717) is 19.6 Å². The number of ether oxygens (including phenoxy) is 1. The van der Waals surface area contributed by atoms with Crippen molar-refractivity contribution in [1.82, 2.24) is 14.9 Å². The molecule has 0 aliphatic carbocycles. The number of aromatic amines is 1. The van der Waals surface area contributed by atoms with Crippen molar-refractivity contribution in [1.29, 1.82) is 0 Å². The zero-order chi connectivity index (χ0) is 16.4. The number of hydrogen-bond donors (Lipinski definition) is 1. The number of nitrogens with zero attached hydrogens (tertiary/aromatic N) is 2. The molecule has 1 saturated heterocycles. The molecular weight excluding hydrogens is 302 g/mol. The fraction of sp³-hybridized carbons (Fsp3) is 0.263. The van der Waals surface area contributed by atoms with E-state index < -0.39 is 0 Å². The van der Waals surface area contributed by atoms with Crippen LogP contribution in [0.15, 0.2) is 48.5 Å². The first-order chi connectivity index (χ1) is 11.8. The van der Waals surface area contributed by atoms with E-state index in [9.17, 15) is 4.79 Å². The van der Waals surface area contributed by atoms with Crippen LogP contribution in [0.4, 0.5) is 0 Å². The number of aromatic nitrogens is 2. The molecule has 3 aromatic rings. The Hall–Kier alpha value is -2.82. The molecule has 1 amide bonds. The van der Waals surface area contributed by atoms with E-state index in [4.69, 9.17) is 4.74 Å². The Morgan fingerprint density at radius 2 is 1.96 bits per heavy atom. The second-order valence-electron chi connectivity index (χ2n) is 5.96. The van der Waals surface area contributed by atoms with Gasteiger partial charge >= 0.3 is 0 Å². The minimum atomic E-state index is 0.235. The van der Waals surface area contributed by atoms with Gasteiger partial charge in [0, 0.05) is 18.5 Å². The molecule has 2 heterocycles. The Morgan fingerprint density at radius 1 is 1.12 bits per heavy atom. The average Bonchev–Trinajstić information content (AvgIpc) is 3.22. The van der Waals surface area contributed by atoms with Gasteiger partial charge in [0.2, 0.25) is 5.91 Å². The lowest BCUT2D eigenvalue weighted by Crippen LogP contribution is -2.29. The van der Waals surface area contributed by atoms with Gasteiger partial charge in [-0.2, -0.15) is 0 Å². The Kier molecular flexibility index (Phi) is 3.91. The summed E-state index contributed by atoms with van der Waals surface area (Å²) in [6.45, 7) is 2.03. The monoisotopic (exact) mass is 321 g/mol. The van der Waals surface area contributed by atoms with Crippen LogP contribution in [0.5, 0.6) is 5.75 Å². The van der Waals surface area contributed by atoms with Crippen molar-refractivity contribution in [2.45, 2.75) is 12.8 Å². The molecule has 1 fully saturated rings. The van der Waals surface area contributed by atoms with E-state index >= 15 is 0 Å². The molecule has 5 nitrogen and oxygen atoms in total. The zero-order valence-corrected chi connectivity index (χ0v) is 13.4. The maximum Gasteiger partial charge on any atom is 0.222 e. The summed E-state index contributed by atoms with van der Waals surface area (Å²) < 4.78 is 5.74. The van der Waals surface area contributed by atoms with Crippen LogP contribution in [0.1, 0.15) is 12.8 Å². The summed E-state index contributed by atoms with van der Waals surface area (Å²) in [5.74, 6) is 1.89. The van der Waals surface area contributed by atoms with Crippen LogP contribution in [0.25, 0.3) is 22.4 Å². The lowest BCUT2D eigenvalue weighted by Gasteiger charge is -2.15. The SMILES string of the molecule is O=C1CCCN1CCOc1ccc(-c2nc3ccccc3[nH]2)cc1. The highest BCUT2D eigenvalue weighted by Crippen LogP contribution is 2.22. The number of fused-ring (bicyclic) bond motifs is 1. The third-order valence-electron chi connectivity index (χ3n) is 4.32. The third-order valence-corrected chi connectivity index (χ3v) is 4.32. The molecule has 0 spiro atoms. The summed E-state index contributed by atoms with van der Waals surface area (Å²) in [6, 6.07) is 15.8. The molecular formula is C19H19N3O2. The van der Waals surface area contributed by atoms with Crippen LogP contribution in [-0.4, -0.2) is 40.5 Å². The highest BCUT2D eigenvalue weighted by Gasteiger charge is 2.19. The van der Waals surface area contributed by atoms with Crippen molar-refractivity contribution >= 4 is 16.9 Å². The van der Waals surface area contributed by atoms with E-state index in [0.717, 1.165) is 41.1 Å². The first-order valence-electron chi connectivity index (χ1n) is 8.25. The second kappa shape index (κ2) is 6.35. The normalized spacial score (nSPS) is 14.5. The highest BCUT2D eigenvalue weighted by molar-refractivity contribution is 5.79. The molecule has 0 saturated carbocycles. The minimum Gasteiger partial charge on any atom is -0.492 e. The fourth-order valence-corrected chi connectivity index (χ4v) is 3.01. The molecule has 24 heavy (non-hydrogen) atoms. The van der Waals surface area contributed by atoms with Gasteiger partial charge in [-0.1, -0.05) is 12.1 Å². The van der Waals surface area contributed by atoms with Gasteiger partial charge in [0.1, 0.15) is 18.2 Å². The first kappa shape index (κ1) is 14.8. The van der Waals surface area contributed by atoms with Crippen molar-refractivity contribution in [3.63, 3.8) is 0 Å². The standard InChI is InChI=1S/C19H19N3O2/c23-18-6-3-11-22(18)12-13-24-15-9-7-14(8-10-15)19-20-16-4-1-2-5-17(16)21-19/h1-2,4-5,7-10H,3,6,11-13H2,(H,20,21). The number of hydrogen-bond acceptors (Lipinski definition) is 3. The summed E-state index contributed by atoms with van der Waals surface area (Å²) in [5.41, 5.74) is 3.01. The van der Waals surface area contributed by atoms with Crippen molar-refractivity contribution in [2.24, 2.45) is 0 Å². The van der Waals surface area contributed by atoms with E-state index in [1.54, 1.807) is 0 Å². The molecule has 1 aliphatic rings. The van der Waals surface area contributed by atoms with Gasteiger partial charge < -0.3 is 14.6 Å². The molecule has 5 heteroatoms. The number of benzene rings is 2. The van der Waals surface area contributed by atoms with Crippen LogP contribution >= 0.6 is 0 Å². The van der Waals surface area contributed by atoms with E-state index in [-0.39, 0.29) is 5.91 Å². The van der Waals surface area contributed by atoms with Gasteiger partial charge in [-0.15, -0.1) is 0 Å². The predicted octanol–water partition coefficient (Wildman–Crippen LogP) is 3.23. The van der Waals surface area contributed by atoms with Gasteiger partial charge in [0.05, 0.1) is 17.6 Å². The van der Waals surface area contributed by atoms with Gasteiger partial charge in [-0.05, 0) is 42.8 Å². The Balaban J connectivity index is 1.40. The Labute approximate surface area is 140 Å². The number of carbonyl (C=O) groups is 1. The molecule has 1 N–H and O–H groups in total. The molecule has 0 bridgehead atoms. The number of H-pyrrole nitrogens is 1. The number of nitrogens with one attached hydrogen (secondary N) is 1. The summed E-state index contributed by atoms with van der Waals surface area (Å²) >= 11 is 0. The minimum absolute atomic E-state index is 0.235. The summed E-state index contributed by atoms with van der Waals surface area (Å²) in [5, 5.41) is 0. The highest BCUT2D eigenvalue weighted by atomic mass is 16.5. The van der Waals surface area contributed by atoms with Gasteiger partial charge in [0.25, 0.3) is 0 Å². The molecule has 2 aromatic carbocycles. The maximum atomic E-state index is 11.6. The number of amides is 1. The van der Waals surface area contributed by atoms with Crippen LogP contribution < -0.4 is 4.74 Å². The predicted molar refractivity (Wildman–Crippen MR) is 92.8 cm³/mol. The number of carbonyl (C=O) groups excluding carboxylic acids is 1. The van der Waals surface area contributed by atoms with Crippen LogP contribution in [0.3, 0.4) is 0 Å². The van der Waals surface area contributed by atoms with Crippen molar-refractivity contribution in [2.75, 3.05) is 19.7 Å². The smallest absolute Gasteiger partial charge is 0.222 e. The third kappa shape index (κ3) is 2.97. The summed E-state index contributed by atoms with van der Waals surface area (Å²) in [7, 11) is 0. The maximum absolute atomic E-state index is 11.6. The summed E-state index contributed by atoms with van der Waals surface area (Å²) in [6.07, 6.45) is 1.64. The van der Waals surface area contributed by atoms with Crippen molar-refractivity contribution in [3.8, 4) is 17.1 Å². The topological polar surface area (TPSA) is 58.2 Å². The molecule has 4 rings (SSSR count). The number of likely N-dealkylation sites (tertiary alicyclic amines) is 1. The number of imidazole rings is 1. The van der Waals surface area contributed by atoms with Crippen molar-refractivity contribution < 1.29 is 9.53 Å². The zero-order valence-electron chi connectivity index (χ0n) is 13.4. The molecule has 1 aromatic heterocycles. The molecule has 1 aliphatic heterocycles. The lowest BCUT2D eigenvalue weighted by molar-refractivity contribution is -0.128. The van der Waals surface area contributed by atoms with Gasteiger partial charge in [-0.3, -0.25) is 4.79 Å². The Morgan fingerprint density at radius 3 is 2.71 bits per heavy atom. The fourth-order valence-electron chi connectivity index (χ4n) is 3.01. The van der Waals surface area contributed by atoms with Crippen LogP contribution in [-0.2, 0) is 4.79 Å². The van der Waals surface area contributed by atoms with Crippen LogP contribution in [0.2, 0.25) is 0 Å². The number of para-hydroxylation sites is 2. The van der Waals surface area contributed by atoms with Gasteiger partial charge in [-0.25, -0.2) is 4.98 Å². The first-order valence-corrected chi connectivity index (χ1v) is 8.25. The van der Waals surface area contributed by atoms with E-state index in [2.05, 4.69) is 9.97 Å². The summed E-state index contributed by atoms with van der Waals surface area (Å²) in [4.78, 5) is 21.3. The quantitative estimate of drug-likeness (QED) is 0.785. The molecule has 0 atom stereocenters. The van der Waals surface area contributed by atoms with Crippen molar-refractivity contribution in [3.05, 3.63) is 48.5 Å². The number of rotatable bonds is 5. The van der Waals surface area contributed by atoms with E-state index in [1.165, 1.54) is 0 Å².